The van der Waals surface area contributed by atoms with Crippen molar-refractivity contribution in [3.8, 4) is 0 Å². The van der Waals surface area contributed by atoms with Crippen molar-refractivity contribution in [3.05, 3.63) is 0 Å². The Kier molecular flexibility index (Phi) is 5.84. The van der Waals surface area contributed by atoms with Gasteiger partial charge in [0.25, 0.3) is 0 Å². The van der Waals surface area contributed by atoms with Crippen molar-refractivity contribution < 1.29 is 31.5 Å². The van der Waals surface area contributed by atoms with Gasteiger partial charge in [-0.25, -0.2) is 4.79 Å². The molecule has 0 aromatic rings. The van der Waals surface area contributed by atoms with Crippen molar-refractivity contribution in [2.24, 2.45) is 0 Å². The van der Waals surface area contributed by atoms with Crippen molar-refractivity contribution in [2.75, 3.05) is 0 Å². The Bertz CT molecular complexity index is 250. The molecule has 102 valence electrons. The number of esters is 1. The highest BCUT2D eigenvalue weighted by atomic mass is 19.4. The van der Waals surface area contributed by atoms with Crippen LogP contribution in [0.25, 0.3) is 0 Å². The number of hydrogen-bond acceptors (Lipinski definition) is 2. The molecule has 0 radical (unpaired) electrons. The Morgan fingerprint density at radius 1 is 1.18 bits per heavy atom. The molecule has 0 aromatic carbocycles. The summed E-state index contributed by atoms with van der Waals surface area (Å²) in [5.74, 6) is -7.96. The van der Waals surface area contributed by atoms with Crippen LogP contribution in [-0.2, 0) is 9.53 Å². The summed E-state index contributed by atoms with van der Waals surface area (Å²) in [6.07, 6.45) is -4.97. The molecule has 7 heteroatoms. The first-order valence-corrected chi connectivity index (χ1v) is 5.32. The molecule has 0 heterocycles. The molecule has 0 bridgehead atoms. The fourth-order valence-corrected chi connectivity index (χ4v) is 1.12. The Morgan fingerprint density at radius 2 is 1.71 bits per heavy atom. The van der Waals surface area contributed by atoms with Gasteiger partial charge in [-0.05, 0) is 12.8 Å². The normalized spacial score (nSPS) is 14.5. The van der Waals surface area contributed by atoms with Crippen molar-refractivity contribution in [2.45, 2.75) is 57.7 Å². The maximum Gasteiger partial charge on any atom is 0.465 e. The second-order valence-corrected chi connectivity index (χ2v) is 3.65. The van der Waals surface area contributed by atoms with Crippen LogP contribution >= 0.6 is 0 Å². The van der Waals surface area contributed by atoms with Gasteiger partial charge in [0.15, 0.2) is 0 Å². The highest BCUT2D eigenvalue weighted by Crippen LogP contribution is 2.36. The van der Waals surface area contributed by atoms with Gasteiger partial charge in [0.2, 0.25) is 0 Å². The number of unbranched alkanes of at least 4 members (excludes halogenated alkanes) is 1. The largest absolute Gasteiger partial charge is 0.465 e. The van der Waals surface area contributed by atoms with Crippen LogP contribution in [0, 0.1) is 0 Å². The van der Waals surface area contributed by atoms with E-state index in [1.165, 1.54) is 0 Å². The third kappa shape index (κ3) is 4.47. The summed E-state index contributed by atoms with van der Waals surface area (Å²) in [6.45, 7) is 3.39. The number of ether oxygens (including phenoxy) is 1. The van der Waals surface area contributed by atoms with Gasteiger partial charge >= 0.3 is 18.1 Å². The number of hydrogen-bond donors (Lipinski definition) is 0. The molecule has 1 unspecified atom stereocenters. The van der Waals surface area contributed by atoms with Gasteiger partial charge < -0.3 is 4.74 Å². The molecule has 0 aliphatic carbocycles. The van der Waals surface area contributed by atoms with E-state index >= 15 is 0 Å². The van der Waals surface area contributed by atoms with Gasteiger partial charge in [-0.15, -0.1) is 0 Å². The van der Waals surface area contributed by atoms with Crippen LogP contribution in [0.3, 0.4) is 0 Å². The predicted molar refractivity (Wildman–Crippen MR) is 50.7 cm³/mol. The van der Waals surface area contributed by atoms with E-state index in [0.29, 0.717) is 6.42 Å². The molecule has 0 saturated heterocycles. The lowest BCUT2D eigenvalue weighted by atomic mass is 10.1. The Hall–Kier alpha value is -0.880. The first-order valence-electron chi connectivity index (χ1n) is 5.32. The minimum atomic E-state index is -5.91. The number of rotatable bonds is 6. The number of carbonyl (C=O) groups is 1. The van der Waals surface area contributed by atoms with E-state index in [2.05, 4.69) is 4.74 Å². The SMILES string of the molecule is CCCCC(CC)OC(=O)C(F)(F)C(F)(F)F. The summed E-state index contributed by atoms with van der Waals surface area (Å²) >= 11 is 0. The molecular formula is C10H15F5O2. The molecule has 0 saturated carbocycles. The zero-order valence-electron chi connectivity index (χ0n) is 9.61. The summed E-state index contributed by atoms with van der Waals surface area (Å²) in [5, 5.41) is 0. The number of halogens is 5. The lowest BCUT2D eigenvalue weighted by molar-refractivity contribution is -0.282. The Balaban J connectivity index is 4.51. The van der Waals surface area contributed by atoms with Crippen LogP contribution in [0.5, 0.6) is 0 Å². The van der Waals surface area contributed by atoms with Gasteiger partial charge in [0.05, 0.1) is 0 Å². The minimum Gasteiger partial charge on any atom is -0.458 e. The highest BCUT2D eigenvalue weighted by Gasteiger charge is 2.65. The van der Waals surface area contributed by atoms with Crippen molar-refractivity contribution >= 4 is 5.97 Å². The molecule has 0 aliphatic heterocycles. The fraction of sp³-hybridized carbons (Fsp3) is 0.900. The molecule has 0 amide bonds. The maximum absolute atomic E-state index is 12.5. The fourth-order valence-electron chi connectivity index (χ4n) is 1.12. The Labute approximate surface area is 96.1 Å². The van der Waals surface area contributed by atoms with Gasteiger partial charge in [0.1, 0.15) is 6.10 Å². The van der Waals surface area contributed by atoms with Crippen LogP contribution in [0.2, 0.25) is 0 Å². The van der Waals surface area contributed by atoms with Crippen molar-refractivity contribution in [3.63, 3.8) is 0 Å². The highest BCUT2D eigenvalue weighted by molar-refractivity contribution is 5.78. The molecule has 0 rings (SSSR count). The molecule has 17 heavy (non-hydrogen) atoms. The summed E-state index contributed by atoms with van der Waals surface area (Å²) in [4.78, 5) is 10.8. The lowest BCUT2D eigenvalue weighted by Gasteiger charge is -2.22. The second-order valence-electron chi connectivity index (χ2n) is 3.65. The summed E-state index contributed by atoms with van der Waals surface area (Å²) in [7, 11) is 0. The van der Waals surface area contributed by atoms with E-state index in [0.717, 1.165) is 6.42 Å². The van der Waals surface area contributed by atoms with E-state index in [9.17, 15) is 26.7 Å². The first kappa shape index (κ1) is 16.1. The second kappa shape index (κ2) is 6.16. The van der Waals surface area contributed by atoms with Gasteiger partial charge in [-0.2, -0.15) is 22.0 Å². The van der Waals surface area contributed by atoms with Crippen molar-refractivity contribution in [1.82, 2.24) is 0 Å². The van der Waals surface area contributed by atoms with E-state index in [1.54, 1.807) is 6.92 Å². The van der Waals surface area contributed by atoms with E-state index in [4.69, 9.17) is 0 Å². The zero-order chi connectivity index (χ0) is 13.7. The third-order valence-electron chi connectivity index (χ3n) is 2.22. The molecular weight excluding hydrogens is 247 g/mol. The van der Waals surface area contributed by atoms with Gasteiger partial charge in [-0.3, -0.25) is 0 Å². The third-order valence-corrected chi connectivity index (χ3v) is 2.22. The molecule has 0 aromatic heterocycles. The summed E-state index contributed by atoms with van der Waals surface area (Å²) in [5.41, 5.74) is 0. The van der Waals surface area contributed by atoms with Crippen molar-refractivity contribution in [1.29, 1.82) is 0 Å². The maximum atomic E-state index is 12.5. The lowest BCUT2D eigenvalue weighted by Crippen LogP contribution is -2.46. The molecule has 0 aliphatic rings. The first-order chi connectivity index (χ1) is 7.66. The standard InChI is InChI=1S/C10H15F5O2/c1-3-5-6-7(4-2)17-8(16)9(11,12)10(13,14)15/h7H,3-6H2,1-2H3. The van der Waals surface area contributed by atoms with Crippen LogP contribution in [0.15, 0.2) is 0 Å². The van der Waals surface area contributed by atoms with E-state index in [-0.39, 0.29) is 12.8 Å². The van der Waals surface area contributed by atoms with Crippen LogP contribution in [0.1, 0.15) is 39.5 Å². The quantitative estimate of drug-likeness (QED) is 0.539. The molecule has 2 nitrogen and oxygen atoms in total. The summed E-state index contributed by atoms with van der Waals surface area (Å²) in [6, 6.07) is 0. The van der Waals surface area contributed by atoms with Gasteiger partial charge in [-0.1, -0.05) is 26.7 Å². The summed E-state index contributed by atoms with van der Waals surface area (Å²) < 4.78 is 64.8. The molecule has 0 spiro atoms. The topological polar surface area (TPSA) is 26.3 Å². The smallest absolute Gasteiger partial charge is 0.458 e. The Morgan fingerprint density at radius 3 is 2.06 bits per heavy atom. The average molecular weight is 262 g/mol. The monoisotopic (exact) mass is 262 g/mol. The van der Waals surface area contributed by atoms with Crippen LogP contribution in [-0.4, -0.2) is 24.2 Å². The predicted octanol–water partition coefficient (Wildman–Crippen LogP) is 3.70. The van der Waals surface area contributed by atoms with E-state index in [1.807, 2.05) is 6.92 Å². The molecule has 0 fully saturated rings. The van der Waals surface area contributed by atoms with E-state index < -0.39 is 24.2 Å². The molecule has 0 N–H and O–H groups in total. The average Bonchev–Trinajstić information content (AvgIpc) is 2.22. The number of carbonyl (C=O) groups excluding carboxylic acids is 1. The number of alkyl halides is 5. The zero-order valence-corrected chi connectivity index (χ0v) is 9.61. The molecule has 1 atom stereocenters. The minimum absolute atomic E-state index is 0.208. The van der Waals surface area contributed by atoms with Crippen LogP contribution in [0.4, 0.5) is 22.0 Å². The van der Waals surface area contributed by atoms with Gasteiger partial charge in [0, 0.05) is 0 Å². The van der Waals surface area contributed by atoms with Crippen LogP contribution < -0.4 is 0 Å².